The summed E-state index contributed by atoms with van der Waals surface area (Å²) < 4.78 is 38.3. The number of aliphatic hydroxyl groups is 2. The van der Waals surface area contributed by atoms with Gasteiger partial charge < -0.3 is 15.5 Å². The topological polar surface area (TPSA) is 78.3 Å². The summed E-state index contributed by atoms with van der Waals surface area (Å²) in [7, 11) is 0. The molecule has 3 N–H and O–H groups in total. The van der Waals surface area contributed by atoms with Crippen molar-refractivity contribution >= 4 is 10.9 Å². The molecule has 3 aromatic rings. The van der Waals surface area contributed by atoms with Crippen molar-refractivity contribution in [3.8, 4) is 0 Å². The van der Waals surface area contributed by atoms with Gasteiger partial charge in [-0.3, -0.25) is 9.97 Å². The van der Waals surface area contributed by atoms with Crippen molar-refractivity contribution in [2.45, 2.75) is 43.3 Å². The Morgan fingerprint density at radius 3 is 2.55 bits per heavy atom. The average Bonchev–Trinajstić information content (AvgIpc) is 3.00. The highest BCUT2D eigenvalue weighted by Gasteiger charge is 2.42. The summed E-state index contributed by atoms with van der Waals surface area (Å²) >= 11 is 0. The van der Waals surface area contributed by atoms with Crippen LogP contribution in [0.15, 0.2) is 54.9 Å². The van der Waals surface area contributed by atoms with Crippen molar-refractivity contribution in [3.63, 3.8) is 0 Å². The molecule has 1 aliphatic rings. The van der Waals surface area contributed by atoms with Gasteiger partial charge in [0.05, 0.1) is 17.7 Å². The third-order valence-corrected chi connectivity index (χ3v) is 5.39. The van der Waals surface area contributed by atoms with Crippen molar-refractivity contribution in [3.05, 3.63) is 71.7 Å². The maximum absolute atomic E-state index is 12.8. The highest BCUT2D eigenvalue weighted by molar-refractivity contribution is 5.78. The number of hydrogen-bond acceptors (Lipinski definition) is 5. The molecule has 0 aliphatic heterocycles. The van der Waals surface area contributed by atoms with Gasteiger partial charge in [0.25, 0.3) is 0 Å². The van der Waals surface area contributed by atoms with E-state index in [2.05, 4.69) is 15.3 Å². The van der Waals surface area contributed by atoms with Crippen molar-refractivity contribution in [2.75, 3.05) is 0 Å². The van der Waals surface area contributed by atoms with Crippen LogP contribution in [0.25, 0.3) is 10.9 Å². The van der Waals surface area contributed by atoms with Crippen LogP contribution in [0.3, 0.4) is 0 Å². The number of hydrogen-bond donors (Lipinski definition) is 3. The summed E-state index contributed by atoms with van der Waals surface area (Å²) in [5, 5.41) is 24.7. The number of benzene rings is 1. The van der Waals surface area contributed by atoms with E-state index in [1.165, 1.54) is 12.3 Å². The van der Waals surface area contributed by atoms with Crippen LogP contribution in [-0.2, 0) is 12.7 Å². The quantitative estimate of drug-likeness (QED) is 0.624. The molecule has 0 spiro atoms. The molecule has 4 atom stereocenters. The number of nitrogens with zero attached hydrogens (tertiary/aromatic N) is 2. The zero-order valence-electron chi connectivity index (χ0n) is 15.3. The minimum absolute atomic E-state index is 0.238. The standard InChI is InChI=1S/C21H20F3N3O2/c22-21(23,24)18-6-5-14(11-26-18)15-8-17(28)20(29)19(15)27-10-12-7-13-3-1-2-4-16(13)25-9-12/h1-7,9,11,15,17,19-20,27-29H,8,10H2. The van der Waals surface area contributed by atoms with E-state index < -0.39 is 30.1 Å². The van der Waals surface area contributed by atoms with Gasteiger partial charge in [0, 0.05) is 36.3 Å². The molecule has 8 heteroatoms. The molecule has 5 nitrogen and oxygen atoms in total. The molecule has 1 aromatic carbocycles. The van der Waals surface area contributed by atoms with Gasteiger partial charge in [0.2, 0.25) is 0 Å². The zero-order chi connectivity index (χ0) is 20.6. The summed E-state index contributed by atoms with van der Waals surface area (Å²) in [5.41, 5.74) is 1.36. The fraction of sp³-hybridized carbons (Fsp3) is 0.333. The number of aromatic nitrogens is 2. The largest absolute Gasteiger partial charge is 0.433 e. The van der Waals surface area contributed by atoms with Crippen molar-refractivity contribution in [1.29, 1.82) is 0 Å². The molecule has 29 heavy (non-hydrogen) atoms. The van der Waals surface area contributed by atoms with E-state index in [1.54, 1.807) is 6.20 Å². The Balaban J connectivity index is 1.52. The summed E-state index contributed by atoms with van der Waals surface area (Å²) in [5.74, 6) is -0.358. The highest BCUT2D eigenvalue weighted by Crippen LogP contribution is 2.36. The minimum Gasteiger partial charge on any atom is -0.390 e. The van der Waals surface area contributed by atoms with E-state index in [0.29, 0.717) is 12.1 Å². The minimum atomic E-state index is -4.51. The molecule has 0 saturated heterocycles. The lowest BCUT2D eigenvalue weighted by Crippen LogP contribution is -2.41. The normalized spacial score (nSPS) is 24.9. The monoisotopic (exact) mass is 403 g/mol. The van der Waals surface area contributed by atoms with E-state index >= 15 is 0 Å². The predicted molar refractivity (Wildman–Crippen MR) is 101 cm³/mol. The second-order valence-corrected chi connectivity index (χ2v) is 7.32. The van der Waals surface area contributed by atoms with E-state index in [9.17, 15) is 23.4 Å². The number of halogens is 3. The molecule has 2 aromatic heterocycles. The van der Waals surface area contributed by atoms with Gasteiger partial charge in [-0.1, -0.05) is 24.3 Å². The first-order chi connectivity index (χ1) is 13.8. The van der Waals surface area contributed by atoms with Gasteiger partial charge >= 0.3 is 6.18 Å². The van der Waals surface area contributed by atoms with E-state index in [0.717, 1.165) is 22.5 Å². The summed E-state index contributed by atoms with van der Waals surface area (Å²) in [6.45, 7) is 0.400. The third-order valence-electron chi connectivity index (χ3n) is 5.39. The molecular formula is C21H20F3N3O2. The number of aliphatic hydroxyl groups excluding tert-OH is 2. The van der Waals surface area contributed by atoms with Crippen LogP contribution in [0, 0.1) is 0 Å². The predicted octanol–water partition coefficient (Wildman–Crippen LogP) is 3.02. The lowest BCUT2D eigenvalue weighted by atomic mass is 9.94. The van der Waals surface area contributed by atoms with Crippen LogP contribution in [0.4, 0.5) is 13.2 Å². The number of pyridine rings is 2. The van der Waals surface area contributed by atoms with Crippen LogP contribution >= 0.6 is 0 Å². The second kappa shape index (κ2) is 7.70. The molecule has 1 fully saturated rings. The average molecular weight is 403 g/mol. The number of nitrogens with one attached hydrogen (secondary N) is 1. The van der Waals surface area contributed by atoms with E-state index in [1.807, 2.05) is 30.3 Å². The first-order valence-corrected chi connectivity index (χ1v) is 9.29. The molecule has 1 saturated carbocycles. The first-order valence-electron chi connectivity index (χ1n) is 9.29. The fourth-order valence-corrected chi connectivity index (χ4v) is 3.87. The van der Waals surface area contributed by atoms with Crippen LogP contribution in [0.1, 0.15) is 29.2 Å². The van der Waals surface area contributed by atoms with Gasteiger partial charge in [0.1, 0.15) is 5.69 Å². The fourth-order valence-electron chi connectivity index (χ4n) is 3.87. The maximum Gasteiger partial charge on any atom is 0.433 e. The Kier molecular flexibility index (Phi) is 5.24. The molecule has 1 aliphatic carbocycles. The summed E-state index contributed by atoms with van der Waals surface area (Å²) in [6, 6.07) is 11.5. The molecule has 152 valence electrons. The third kappa shape index (κ3) is 4.10. The van der Waals surface area contributed by atoms with Crippen molar-refractivity contribution in [2.24, 2.45) is 0 Å². The van der Waals surface area contributed by atoms with Gasteiger partial charge in [0.15, 0.2) is 0 Å². The van der Waals surface area contributed by atoms with Gasteiger partial charge in [-0.15, -0.1) is 0 Å². The molecule has 4 unspecified atom stereocenters. The first kappa shape index (κ1) is 19.8. The lowest BCUT2D eigenvalue weighted by molar-refractivity contribution is -0.141. The maximum atomic E-state index is 12.8. The van der Waals surface area contributed by atoms with E-state index in [4.69, 9.17) is 0 Å². The Labute approximate surface area is 165 Å². The SMILES string of the molecule is OC1CC(c2ccc(C(F)(F)F)nc2)C(NCc2cnc3ccccc3c2)C1O. The summed E-state index contributed by atoms with van der Waals surface area (Å²) in [4.78, 5) is 7.91. The molecule has 0 radical (unpaired) electrons. The Morgan fingerprint density at radius 2 is 1.83 bits per heavy atom. The Morgan fingerprint density at radius 1 is 1.03 bits per heavy atom. The van der Waals surface area contributed by atoms with Crippen molar-refractivity contribution < 1.29 is 23.4 Å². The highest BCUT2D eigenvalue weighted by atomic mass is 19.4. The lowest BCUT2D eigenvalue weighted by Gasteiger charge is -2.24. The molecule has 0 amide bonds. The van der Waals surface area contributed by atoms with Crippen LogP contribution in [-0.4, -0.2) is 38.4 Å². The van der Waals surface area contributed by atoms with Gasteiger partial charge in [-0.2, -0.15) is 13.2 Å². The van der Waals surface area contributed by atoms with Crippen LogP contribution in [0.5, 0.6) is 0 Å². The van der Waals surface area contributed by atoms with Crippen LogP contribution < -0.4 is 5.32 Å². The smallest absolute Gasteiger partial charge is 0.390 e. The van der Waals surface area contributed by atoms with Gasteiger partial charge in [-0.25, -0.2) is 0 Å². The van der Waals surface area contributed by atoms with Crippen molar-refractivity contribution in [1.82, 2.24) is 15.3 Å². The molecule has 4 rings (SSSR count). The zero-order valence-corrected chi connectivity index (χ0v) is 15.3. The van der Waals surface area contributed by atoms with Crippen LogP contribution in [0.2, 0.25) is 0 Å². The number of alkyl halides is 3. The molecule has 2 heterocycles. The second-order valence-electron chi connectivity index (χ2n) is 7.32. The number of rotatable bonds is 4. The van der Waals surface area contributed by atoms with E-state index in [-0.39, 0.29) is 12.3 Å². The Hall–Kier alpha value is -2.55. The summed E-state index contributed by atoms with van der Waals surface area (Å²) in [6.07, 6.45) is -3.35. The molecule has 0 bridgehead atoms. The number of para-hydroxylation sites is 1. The molecular weight excluding hydrogens is 383 g/mol. The Bertz CT molecular complexity index is 994. The number of fused-ring (bicyclic) bond motifs is 1. The van der Waals surface area contributed by atoms with Gasteiger partial charge in [-0.05, 0) is 35.7 Å².